The van der Waals surface area contributed by atoms with Gasteiger partial charge in [0, 0.05) is 0 Å². The van der Waals surface area contributed by atoms with E-state index in [1.807, 2.05) is 20.8 Å². The second-order valence-electron chi connectivity index (χ2n) is 6.60. The Morgan fingerprint density at radius 1 is 1.18 bits per heavy atom. The Morgan fingerprint density at radius 2 is 1.89 bits per heavy atom. The van der Waals surface area contributed by atoms with Crippen LogP contribution in [0, 0.1) is 0 Å². The topological polar surface area (TPSA) is 114 Å². The number of amides is 3. The predicted octanol–water partition coefficient (Wildman–Crippen LogP) is 3.82. The fourth-order valence-electron chi connectivity index (χ4n) is 3.17. The van der Waals surface area contributed by atoms with E-state index in [2.05, 4.69) is 10.6 Å². The summed E-state index contributed by atoms with van der Waals surface area (Å²) in [6.07, 6.45) is 3.83. The number of carbonyl (C=O) groups is 2. The Bertz CT molecular complexity index is 803. The van der Waals surface area contributed by atoms with Crippen LogP contribution in [-0.4, -0.2) is 23.4 Å². The van der Waals surface area contributed by atoms with Crippen molar-refractivity contribution < 1.29 is 28.6 Å². The van der Waals surface area contributed by atoms with Crippen LogP contribution in [0.1, 0.15) is 57.6 Å². The lowest BCUT2D eigenvalue weighted by Gasteiger charge is -2.34. The summed E-state index contributed by atoms with van der Waals surface area (Å²) in [5, 5.41) is 3.40. The molecule has 3 N–H and O–H groups in total. The molecule has 0 aromatic heterocycles. The summed E-state index contributed by atoms with van der Waals surface area (Å²) in [4.78, 5) is 38.7. The number of carbonyl (C=O) groups excluding carboxylic acids is 2. The van der Waals surface area contributed by atoms with Crippen molar-refractivity contribution in [1.29, 1.82) is 0 Å². The highest BCUT2D eigenvalue weighted by Gasteiger charge is 2.48. The van der Waals surface area contributed by atoms with Crippen molar-refractivity contribution in [1.82, 2.24) is 10.6 Å². The van der Waals surface area contributed by atoms with Gasteiger partial charge in [-0.2, -0.15) is 0 Å². The lowest BCUT2D eigenvalue weighted by atomic mass is 9.91. The first-order chi connectivity index (χ1) is 13.3. The van der Waals surface area contributed by atoms with Crippen LogP contribution in [0.4, 0.5) is 4.79 Å². The Hall–Kier alpha value is -1.99. The molecular formula is C19H27N2O6P. The van der Waals surface area contributed by atoms with Gasteiger partial charge >= 0.3 is 13.6 Å². The van der Waals surface area contributed by atoms with Crippen molar-refractivity contribution in [3.63, 3.8) is 0 Å². The molecule has 0 aliphatic carbocycles. The van der Waals surface area contributed by atoms with E-state index in [-0.39, 0.29) is 12.3 Å². The number of unbranched alkanes of at least 4 members (excludes halogenated alkanes) is 1. The van der Waals surface area contributed by atoms with Crippen LogP contribution in [0.5, 0.6) is 0 Å². The maximum absolute atomic E-state index is 13.1. The molecule has 1 aliphatic heterocycles. The highest BCUT2D eigenvalue weighted by molar-refractivity contribution is 7.54. The van der Waals surface area contributed by atoms with Gasteiger partial charge < -0.3 is 10.2 Å². The van der Waals surface area contributed by atoms with E-state index < -0.39 is 24.7 Å². The average molecular weight is 410 g/mol. The van der Waals surface area contributed by atoms with Gasteiger partial charge in [0.25, 0.3) is 5.91 Å². The maximum atomic E-state index is 13.1. The molecule has 9 heteroatoms. The van der Waals surface area contributed by atoms with Gasteiger partial charge in [-0.25, -0.2) is 9.68 Å². The number of rotatable bonds is 10. The summed E-state index contributed by atoms with van der Waals surface area (Å²) in [6.45, 7) is 5.86. The van der Waals surface area contributed by atoms with E-state index in [1.165, 1.54) is 6.08 Å². The summed E-state index contributed by atoms with van der Waals surface area (Å²) in [5.41, 5.74) is 1.33. The number of hydrogen-bond acceptors (Lipinski definition) is 5. The number of urea groups is 1. The molecule has 0 spiro atoms. The highest BCUT2D eigenvalue weighted by atomic mass is 31.2. The zero-order chi connectivity index (χ0) is 20.8. The molecule has 1 aromatic rings. The fourth-order valence-corrected chi connectivity index (χ4v) is 4.80. The van der Waals surface area contributed by atoms with Gasteiger partial charge in [-0.1, -0.05) is 51.5 Å². The number of benzene rings is 1. The quantitative estimate of drug-likeness (QED) is 0.135. The summed E-state index contributed by atoms with van der Waals surface area (Å²) < 4.78 is 18.1. The van der Waals surface area contributed by atoms with Crippen molar-refractivity contribution >= 4 is 25.6 Å². The van der Waals surface area contributed by atoms with Crippen LogP contribution in [0.25, 0.3) is 6.08 Å². The third-order valence-electron chi connectivity index (χ3n) is 4.90. The summed E-state index contributed by atoms with van der Waals surface area (Å²) >= 11 is 0. The molecule has 1 aliphatic rings. The van der Waals surface area contributed by atoms with Crippen molar-refractivity contribution in [3.8, 4) is 0 Å². The first kappa shape index (κ1) is 22.3. The van der Waals surface area contributed by atoms with Crippen LogP contribution in [0.3, 0.4) is 0 Å². The number of nitrogens with one attached hydrogen (secondary N) is 2. The zero-order valence-corrected chi connectivity index (χ0v) is 17.3. The smallest absolute Gasteiger partial charge is 0.322 e. The summed E-state index contributed by atoms with van der Waals surface area (Å²) in [7, 11) is -4.17. The zero-order valence-electron chi connectivity index (χ0n) is 16.4. The molecule has 1 aromatic carbocycles. The lowest BCUT2D eigenvalue weighted by molar-refractivity contribution is -0.216. The number of imide groups is 1. The first-order valence-corrected chi connectivity index (χ1v) is 11.0. The minimum Gasteiger partial charge on any atom is -0.322 e. The van der Waals surface area contributed by atoms with Crippen LogP contribution in [-0.2, 0) is 24.1 Å². The predicted molar refractivity (Wildman–Crippen MR) is 105 cm³/mol. The summed E-state index contributed by atoms with van der Waals surface area (Å²) in [5.74, 6) is -0.520. The maximum Gasteiger partial charge on any atom is 0.365 e. The molecular weight excluding hydrogens is 383 g/mol. The van der Waals surface area contributed by atoms with Crippen molar-refractivity contribution in [2.75, 3.05) is 6.61 Å². The standard InChI is InChI=1S/C19H27N2O6P/c1-4-7-11-26-27-28(24,25)19(5-2,6-3)15-10-8-9-14(12-15)13-16-17(22)21-18(23)20-16/h8-10,12-13H,4-7,11H2,1-3H3,(H,24,25)(H2,20,21,22,23)/b16-13-. The second-order valence-corrected chi connectivity index (χ2v) is 8.65. The van der Waals surface area contributed by atoms with Crippen LogP contribution in [0.15, 0.2) is 30.0 Å². The Kier molecular flexibility index (Phi) is 7.55. The molecule has 1 fully saturated rings. The Morgan fingerprint density at radius 3 is 2.46 bits per heavy atom. The highest BCUT2D eigenvalue weighted by Crippen LogP contribution is 2.64. The van der Waals surface area contributed by atoms with E-state index in [0.717, 1.165) is 12.8 Å². The van der Waals surface area contributed by atoms with E-state index in [1.54, 1.807) is 24.3 Å². The molecule has 0 saturated carbocycles. The molecule has 8 nitrogen and oxygen atoms in total. The lowest BCUT2D eigenvalue weighted by Crippen LogP contribution is -2.26. The largest absolute Gasteiger partial charge is 0.365 e. The molecule has 2 rings (SSSR count). The molecule has 0 radical (unpaired) electrons. The average Bonchev–Trinajstić information content (AvgIpc) is 2.97. The third kappa shape index (κ3) is 4.70. The molecule has 1 atom stereocenters. The Labute approximate surface area is 164 Å². The third-order valence-corrected chi connectivity index (χ3v) is 7.18. The van der Waals surface area contributed by atoms with Gasteiger partial charge in [0.05, 0.1) is 11.8 Å². The van der Waals surface area contributed by atoms with Crippen LogP contribution in [0.2, 0.25) is 0 Å². The molecule has 1 unspecified atom stereocenters. The first-order valence-electron chi connectivity index (χ1n) is 9.38. The minimum atomic E-state index is -4.17. The second kappa shape index (κ2) is 9.47. The molecule has 0 bridgehead atoms. The van der Waals surface area contributed by atoms with Crippen LogP contribution >= 0.6 is 7.60 Å². The Balaban J connectivity index is 2.35. The van der Waals surface area contributed by atoms with E-state index in [9.17, 15) is 19.0 Å². The SMILES string of the molecule is CCCCOOP(=O)(O)C(CC)(CC)c1cccc(/C=C2\NC(=O)NC2=O)c1. The minimum absolute atomic E-state index is 0.118. The van der Waals surface area contributed by atoms with Gasteiger partial charge in [-0.05, 0) is 36.5 Å². The van der Waals surface area contributed by atoms with Crippen molar-refractivity contribution in [3.05, 3.63) is 41.1 Å². The molecule has 154 valence electrons. The van der Waals surface area contributed by atoms with Crippen molar-refractivity contribution in [2.24, 2.45) is 0 Å². The molecule has 28 heavy (non-hydrogen) atoms. The normalized spacial score (nSPS) is 18.1. The van der Waals surface area contributed by atoms with Crippen molar-refractivity contribution in [2.45, 2.75) is 51.6 Å². The number of hydrogen-bond donors (Lipinski definition) is 3. The molecule has 3 amide bonds. The van der Waals surface area contributed by atoms with Gasteiger partial charge in [0.2, 0.25) is 0 Å². The molecule has 1 saturated heterocycles. The van der Waals surface area contributed by atoms with Gasteiger partial charge in [-0.3, -0.25) is 14.7 Å². The van der Waals surface area contributed by atoms with Crippen LogP contribution < -0.4 is 10.6 Å². The van der Waals surface area contributed by atoms with E-state index in [4.69, 9.17) is 9.56 Å². The van der Waals surface area contributed by atoms with E-state index in [0.29, 0.717) is 24.0 Å². The van der Waals surface area contributed by atoms with Gasteiger partial charge in [-0.15, -0.1) is 4.67 Å². The van der Waals surface area contributed by atoms with Gasteiger partial charge in [0.1, 0.15) is 5.70 Å². The molecule has 1 heterocycles. The fraction of sp³-hybridized carbons (Fsp3) is 0.474. The monoisotopic (exact) mass is 410 g/mol. The van der Waals surface area contributed by atoms with Gasteiger partial charge in [0.15, 0.2) is 0 Å². The summed E-state index contributed by atoms with van der Waals surface area (Å²) in [6, 6.07) is 6.36. The van der Waals surface area contributed by atoms with E-state index >= 15 is 0 Å².